The molecule has 0 amide bonds. The van der Waals surface area contributed by atoms with Crippen molar-refractivity contribution in [3.63, 3.8) is 0 Å². The number of aliphatic hydroxyl groups excluding tert-OH is 1. The molecule has 1 aromatic carbocycles. The molecule has 1 aromatic rings. The van der Waals surface area contributed by atoms with Crippen molar-refractivity contribution < 1.29 is 15.0 Å². The summed E-state index contributed by atoms with van der Waals surface area (Å²) in [4.78, 5) is 10.3. The molecular formula is C18H25O3-. The van der Waals surface area contributed by atoms with Gasteiger partial charge in [0, 0.05) is 5.97 Å². The summed E-state index contributed by atoms with van der Waals surface area (Å²) in [6.07, 6.45) is 9.09. The average molecular weight is 289 g/mol. The topological polar surface area (TPSA) is 60.4 Å². The molecule has 3 heteroatoms. The lowest BCUT2D eigenvalue weighted by Crippen LogP contribution is -2.21. The Kier molecular flexibility index (Phi) is 8.44. The van der Waals surface area contributed by atoms with Crippen molar-refractivity contribution in [2.45, 2.75) is 58.0 Å². The van der Waals surface area contributed by atoms with Crippen LogP contribution in [0.5, 0.6) is 0 Å². The van der Waals surface area contributed by atoms with Gasteiger partial charge in [-0.25, -0.2) is 0 Å². The lowest BCUT2D eigenvalue weighted by molar-refractivity contribution is -0.305. The minimum atomic E-state index is -0.999. The number of allylic oxidation sites excluding steroid dienone is 1. The molecule has 0 aliphatic heterocycles. The van der Waals surface area contributed by atoms with Crippen molar-refractivity contribution in [2.24, 2.45) is 0 Å². The fourth-order valence-corrected chi connectivity index (χ4v) is 2.21. The Balaban J connectivity index is 2.47. The molecule has 0 aliphatic carbocycles. The van der Waals surface area contributed by atoms with Crippen LogP contribution in [0.1, 0.15) is 69.1 Å². The van der Waals surface area contributed by atoms with Gasteiger partial charge in [0.15, 0.2) is 0 Å². The molecule has 0 spiro atoms. The summed E-state index contributed by atoms with van der Waals surface area (Å²) >= 11 is 0. The highest BCUT2D eigenvalue weighted by Crippen LogP contribution is 2.21. The molecule has 1 N–H and O–H groups in total. The molecule has 1 rings (SSSR count). The van der Waals surface area contributed by atoms with Gasteiger partial charge >= 0.3 is 0 Å². The number of unbranched alkanes of at least 4 members (excludes halogenated alkanes) is 3. The van der Waals surface area contributed by atoms with Gasteiger partial charge in [0.2, 0.25) is 0 Å². The Morgan fingerprint density at radius 2 is 2.14 bits per heavy atom. The van der Waals surface area contributed by atoms with Gasteiger partial charge in [0.1, 0.15) is 0 Å². The van der Waals surface area contributed by atoms with Crippen molar-refractivity contribution in [1.29, 1.82) is 0 Å². The largest absolute Gasteiger partial charge is 0.550 e. The van der Waals surface area contributed by atoms with Crippen LogP contribution in [-0.2, 0) is 4.79 Å². The number of carboxylic acids is 1. The molecule has 0 saturated heterocycles. The third-order valence-corrected chi connectivity index (χ3v) is 3.44. The number of aliphatic hydroxyl groups is 1. The van der Waals surface area contributed by atoms with Crippen molar-refractivity contribution in [3.05, 3.63) is 41.5 Å². The van der Waals surface area contributed by atoms with Crippen LogP contribution in [0.25, 0.3) is 6.08 Å². The van der Waals surface area contributed by atoms with Gasteiger partial charge in [0.05, 0.1) is 6.10 Å². The normalized spacial score (nSPS) is 12.7. The van der Waals surface area contributed by atoms with E-state index in [0.717, 1.165) is 43.2 Å². The number of benzene rings is 1. The zero-order valence-corrected chi connectivity index (χ0v) is 12.8. The molecule has 116 valence electrons. The first-order chi connectivity index (χ1) is 10.1. The van der Waals surface area contributed by atoms with Crippen molar-refractivity contribution in [1.82, 2.24) is 0 Å². The summed E-state index contributed by atoms with van der Waals surface area (Å²) in [6.45, 7) is 2.15. The Bertz CT molecular complexity index is 452. The number of hydrogen-bond acceptors (Lipinski definition) is 3. The Morgan fingerprint density at radius 1 is 1.33 bits per heavy atom. The average Bonchev–Trinajstić information content (AvgIpc) is 2.47. The zero-order chi connectivity index (χ0) is 15.5. The number of hydrogen-bond donors (Lipinski definition) is 1. The van der Waals surface area contributed by atoms with Crippen LogP contribution in [0.3, 0.4) is 0 Å². The summed E-state index contributed by atoms with van der Waals surface area (Å²) in [5.41, 5.74) is 1.98. The van der Waals surface area contributed by atoms with Crippen LogP contribution in [0.15, 0.2) is 30.3 Å². The lowest BCUT2D eigenvalue weighted by Gasteiger charge is -2.11. The number of aliphatic carboxylic acids is 1. The zero-order valence-electron chi connectivity index (χ0n) is 12.8. The number of carbonyl (C=O) groups is 1. The molecule has 0 aromatic heterocycles. The van der Waals surface area contributed by atoms with E-state index in [9.17, 15) is 15.0 Å². The van der Waals surface area contributed by atoms with Crippen LogP contribution in [-0.4, -0.2) is 11.1 Å². The van der Waals surface area contributed by atoms with Gasteiger partial charge < -0.3 is 15.0 Å². The fourth-order valence-electron chi connectivity index (χ4n) is 2.21. The van der Waals surface area contributed by atoms with Gasteiger partial charge in [-0.15, -0.1) is 0 Å². The van der Waals surface area contributed by atoms with Gasteiger partial charge in [-0.05, 0) is 42.9 Å². The van der Waals surface area contributed by atoms with Crippen LogP contribution in [0.4, 0.5) is 0 Å². The van der Waals surface area contributed by atoms with Gasteiger partial charge in [-0.1, -0.05) is 56.5 Å². The van der Waals surface area contributed by atoms with E-state index in [1.54, 1.807) is 0 Å². The Labute approximate surface area is 127 Å². The predicted octanol–water partition coefficient (Wildman–Crippen LogP) is 3.23. The minimum Gasteiger partial charge on any atom is -0.550 e. The highest BCUT2D eigenvalue weighted by molar-refractivity contribution is 5.64. The summed E-state index contributed by atoms with van der Waals surface area (Å²) in [6, 6.07) is 7.87. The molecule has 3 nitrogen and oxygen atoms in total. The standard InChI is InChI=1S/C18H26O3/c1-2-3-5-12-17(19)16-11-8-10-15(14-16)9-6-4-7-13-18(20)21/h6,8-11,14,17,19H,2-5,7,12-13H2,1H3,(H,20,21)/p-1/b9-6+. The molecule has 0 saturated carbocycles. The molecule has 0 bridgehead atoms. The molecule has 0 radical (unpaired) electrons. The lowest BCUT2D eigenvalue weighted by atomic mass is 10.0. The van der Waals surface area contributed by atoms with Gasteiger partial charge in [-0.2, -0.15) is 0 Å². The second kappa shape index (κ2) is 10.2. The van der Waals surface area contributed by atoms with E-state index < -0.39 is 12.1 Å². The predicted molar refractivity (Wildman–Crippen MR) is 83.4 cm³/mol. The third kappa shape index (κ3) is 7.66. The molecular weight excluding hydrogens is 264 g/mol. The summed E-state index contributed by atoms with van der Waals surface area (Å²) in [7, 11) is 0. The quantitative estimate of drug-likeness (QED) is 0.673. The first-order valence-electron chi connectivity index (χ1n) is 7.78. The summed E-state index contributed by atoms with van der Waals surface area (Å²) in [5.74, 6) is -0.999. The first kappa shape index (κ1) is 17.4. The minimum absolute atomic E-state index is 0.0977. The van der Waals surface area contributed by atoms with Gasteiger partial charge in [-0.3, -0.25) is 0 Å². The van der Waals surface area contributed by atoms with Crippen molar-refractivity contribution in [3.8, 4) is 0 Å². The monoisotopic (exact) mass is 289 g/mol. The molecule has 0 fully saturated rings. The van der Waals surface area contributed by atoms with Crippen LogP contribution >= 0.6 is 0 Å². The maximum Gasteiger partial charge on any atom is 0.0790 e. The highest BCUT2D eigenvalue weighted by Gasteiger charge is 2.06. The Hall–Kier alpha value is -1.61. The second-order valence-electron chi connectivity index (χ2n) is 5.35. The SMILES string of the molecule is CCCCCC(O)c1cccc(/C=C/CCCC(=O)[O-])c1. The van der Waals surface area contributed by atoms with Crippen molar-refractivity contribution in [2.75, 3.05) is 0 Å². The van der Waals surface area contributed by atoms with E-state index >= 15 is 0 Å². The summed E-state index contributed by atoms with van der Waals surface area (Å²) < 4.78 is 0. The van der Waals surface area contributed by atoms with Crippen molar-refractivity contribution >= 4 is 12.0 Å². The van der Waals surface area contributed by atoms with E-state index in [4.69, 9.17) is 0 Å². The molecule has 0 aliphatic rings. The number of rotatable bonds is 10. The molecule has 0 heterocycles. The third-order valence-electron chi connectivity index (χ3n) is 3.44. The molecule has 1 atom stereocenters. The number of carbonyl (C=O) groups excluding carboxylic acids is 1. The van der Waals surface area contributed by atoms with Gasteiger partial charge in [0.25, 0.3) is 0 Å². The van der Waals surface area contributed by atoms with Crippen LogP contribution in [0, 0.1) is 0 Å². The molecule has 21 heavy (non-hydrogen) atoms. The smallest absolute Gasteiger partial charge is 0.0790 e. The maximum atomic E-state index is 10.3. The van der Waals surface area contributed by atoms with Crippen LogP contribution in [0.2, 0.25) is 0 Å². The Morgan fingerprint density at radius 3 is 2.86 bits per heavy atom. The van der Waals surface area contributed by atoms with E-state index in [-0.39, 0.29) is 6.42 Å². The molecule has 1 unspecified atom stereocenters. The highest BCUT2D eigenvalue weighted by atomic mass is 16.4. The van der Waals surface area contributed by atoms with E-state index in [1.165, 1.54) is 0 Å². The van der Waals surface area contributed by atoms with E-state index in [0.29, 0.717) is 6.42 Å². The summed E-state index contributed by atoms with van der Waals surface area (Å²) in [5, 5.41) is 20.4. The first-order valence-corrected chi connectivity index (χ1v) is 7.78. The van der Waals surface area contributed by atoms with E-state index in [2.05, 4.69) is 6.92 Å². The number of carboxylic acid groups (broad SMARTS) is 1. The second-order valence-corrected chi connectivity index (χ2v) is 5.35. The van der Waals surface area contributed by atoms with Crippen LogP contribution < -0.4 is 5.11 Å². The fraction of sp³-hybridized carbons (Fsp3) is 0.500. The maximum absolute atomic E-state index is 10.3. The van der Waals surface area contributed by atoms with E-state index in [1.807, 2.05) is 36.4 Å².